The third-order valence-electron chi connectivity index (χ3n) is 7.38. The van der Waals surface area contributed by atoms with Crippen molar-refractivity contribution in [2.45, 2.75) is 18.6 Å². The number of rotatable bonds is 6. The van der Waals surface area contributed by atoms with Crippen LogP contribution < -0.4 is 23.7 Å². The van der Waals surface area contributed by atoms with E-state index in [9.17, 15) is 14.7 Å². The largest absolute Gasteiger partial charge is 0.514 e. The van der Waals surface area contributed by atoms with Crippen LogP contribution in [0.15, 0.2) is 54.6 Å². The minimum absolute atomic E-state index is 0.0326. The highest BCUT2D eigenvalue weighted by Gasteiger charge is 2.52. The van der Waals surface area contributed by atoms with E-state index in [1.165, 1.54) is 14.2 Å². The molecule has 3 aliphatic rings. The number of aliphatic hydroxyl groups excluding tert-OH is 1. The van der Waals surface area contributed by atoms with Gasteiger partial charge in [0.15, 0.2) is 23.0 Å². The third kappa shape index (κ3) is 4.36. The molecule has 10 heteroatoms. The Morgan fingerprint density at radius 2 is 1.62 bits per heavy atom. The molecule has 1 aliphatic carbocycles. The number of esters is 1. The van der Waals surface area contributed by atoms with E-state index in [1.807, 2.05) is 30.3 Å². The van der Waals surface area contributed by atoms with Crippen LogP contribution in [-0.4, -0.2) is 44.9 Å². The zero-order valence-corrected chi connectivity index (χ0v) is 21.2. The normalized spacial score (nSPS) is 22.4. The van der Waals surface area contributed by atoms with Gasteiger partial charge in [0, 0.05) is 11.8 Å². The van der Waals surface area contributed by atoms with Crippen LogP contribution in [0.3, 0.4) is 0 Å². The molecular formula is C29H26O10. The van der Waals surface area contributed by atoms with Crippen LogP contribution in [0.2, 0.25) is 0 Å². The molecule has 1 unspecified atom stereocenters. The molecule has 2 heterocycles. The predicted molar refractivity (Wildman–Crippen MR) is 134 cm³/mol. The molecule has 0 radical (unpaired) electrons. The molecule has 39 heavy (non-hydrogen) atoms. The van der Waals surface area contributed by atoms with Crippen LogP contribution in [0.1, 0.15) is 34.3 Å². The van der Waals surface area contributed by atoms with Crippen molar-refractivity contribution in [2.24, 2.45) is 11.8 Å². The Balaban J connectivity index is 1.37. The molecule has 2 aliphatic heterocycles. The fourth-order valence-corrected chi connectivity index (χ4v) is 5.54. The highest BCUT2D eigenvalue weighted by atomic mass is 16.7. The quantitative estimate of drug-likeness (QED) is 0.365. The fourth-order valence-electron chi connectivity index (χ4n) is 5.54. The topological polar surface area (TPSA) is 119 Å². The van der Waals surface area contributed by atoms with Gasteiger partial charge in [-0.2, -0.15) is 0 Å². The van der Waals surface area contributed by atoms with Crippen molar-refractivity contribution in [1.29, 1.82) is 0 Å². The predicted octanol–water partition coefficient (Wildman–Crippen LogP) is 4.12. The summed E-state index contributed by atoms with van der Waals surface area (Å²) >= 11 is 0. The summed E-state index contributed by atoms with van der Waals surface area (Å²) < 4.78 is 38.4. The van der Waals surface area contributed by atoms with Gasteiger partial charge in [-0.1, -0.05) is 30.3 Å². The zero-order chi connectivity index (χ0) is 27.1. The van der Waals surface area contributed by atoms with Gasteiger partial charge in [0.1, 0.15) is 6.61 Å². The van der Waals surface area contributed by atoms with Crippen molar-refractivity contribution < 1.29 is 47.9 Å². The first kappa shape index (κ1) is 24.9. The molecule has 4 atom stereocenters. The summed E-state index contributed by atoms with van der Waals surface area (Å²) in [6.45, 7) is 0.199. The number of aliphatic hydroxyl groups is 1. The zero-order valence-electron chi connectivity index (χ0n) is 21.2. The van der Waals surface area contributed by atoms with Crippen LogP contribution in [0.5, 0.6) is 28.7 Å². The Kier molecular flexibility index (Phi) is 6.40. The van der Waals surface area contributed by atoms with Gasteiger partial charge >= 0.3 is 12.1 Å². The smallest absolute Gasteiger partial charge is 0.493 e. The molecule has 1 fully saturated rings. The summed E-state index contributed by atoms with van der Waals surface area (Å²) in [5.41, 5.74) is 2.79. The molecule has 3 aromatic rings. The maximum atomic E-state index is 13.0. The van der Waals surface area contributed by atoms with Crippen LogP contribution >= 0.6 is 0 Å². The molecule has 0 spiro atoms. The molecular weight excluding hydrogens is 508 g/mol. The average Bonchev–Trinajstić information content (AvgIpc) is 3.58. The van der Waals surface area contributed by atoms with E-state index in [1.54, 1.807) is 24.3 Å². The number of benzene rings is 3. The number of hydrogen-bond donors (Lipinski definition) is 1. The van der Waals surface area contributed by atoms with Gasteiger partial charge in [-0.3, -0.25) is 4.79 Å². The highest BCUT2D eigenvalue weighted by Crippen LogP contribution is 2.55. The molecule has 1 N–H and O–H groups in total. The van der Waals surface area contributed by atoms with Crippen LogP contribution in [0, 0.1) is 11.8 Å². The number of carbonyl (C=O) groups is 2. The number of carbonyl (C=O) groups excluding carboxylic acids is 2. The molecule has 0 bridgehead atoms. The number of methoxy groups -OCH3 is 2. The number of fused-ring (bicyclic) bond motifs is 3. The number of ether oxygens (including phenoxy) is 7. The lowest BCUT2D eigenvalue weighted by Crippen LogP contribution is -2.34. The Hall–Kier alpha value is -4.44. The monoisotopic (exact) mass is 534 g/mol. The summed E-state index contributed by atoms with van der Waals surface area (Å²) in [6, 6.07) is 16.1. The Morgan fingerprint density at radius 1 is 0.949 bits per heavy atom. The molecule has 10 nitrogen and oxygen atoms in total. The lowest BCUT2D eigenvalue weighted by molar-refractivity contribution is -0.141. The molecule has 6 rings (SSSR count). The summed E-state index contributed by atoms with van der Waals surface area (Å²) in [4.78, 5) is 25.5. The summed E-state index contributed by atoms with van der Waals surface area (Å²) in [5, 5.41) is 11.2. The van der Waals surface area contributed by atoms with E-state index < -0.39 is 36.0 Å². The van der Waals surface area contributed by atoms with E-state index >= 15 is 0 Å². The lowest BCUT2D eigenvalue weighted by atomic mass is 9.66. The second-order valence-electron chi connectivity index (χ2n) is 9.46. The number of cyclic esters (lactones) is 1. The maximum Gasteiger partial charge on any atom is 0.514 e. The number of hydrogen-bond acceptors (Lipinski definition) is 10. The Bertz CT molecular complexity index is 1390. The Labute approximate surface area is 223 Å². The van der Waals surface area contributed by atoms with E-state index in [-0.39, 0.29) is 37.3 Å². The van der Waals surface area contributed by atoms with Crippen molar-refractivity contribution in [1.82, 2.24) is 0 Å². The second-order valence-corrected chi connectivity index (χ2v) is 9.46. The minimum atomic E-state index is -0.929. The van der Waals surface area contributed by atoms with Crippen LogP contribution in [-0.2, 0) is 20.9 Å². The Morgan fingerprint density at radius 3 is 2.28 bits per heavy atom. The standard InChI is InChI=1S/C29H26O10/c1-33-22-8-16(9-23(34-2)27(22)39-29(32)36-12-15-6-4-3-5-7-15)24-17-10-20-21(38-14-37-20)11-18(17)26(30)19-13-35-28(31)25(19)24/h3-11,19,24-26,30H,12-14H2,1-2H3/t19?,24-,25+,26-/m1/s1. The van der Waals surface area contributed by atoms with Gasteiger partial charge < -0.3 is 38.3 Å². The SMILES string of the molecule is COc1cc([C@@H]2c3cc4c(cc3[C@@H](O)C3COC(=O)[C@@H]32)OCO4)cc(OC)c1OC(=O)OCc1ccccc1. The first-order valence-corrected chi connectivity index (χ1v) is 12.4. The molecule has 202 valence electrons. The van der Waals surface area contributed by atoms with E-state index in [2.05, 4.69) is 0 Å². The summed E-state index contributed by atoms with van der Waals surface area (Å²) in [7, 11) is 2.87. The van der Waals surface area contributed by atoms with Gasteiger partial charge in [0.05, 0.1) is 32.8 Å². The molecule has 3 aromatic carbocycles. The van der Waals surface area contributed by atoms with Gasteiger partial charge in [0.25, 0.3) is 0 Å². The van der Waals surface area contributed by atoms with Gasteiger partial charge in [-0.05, 0) is 46.5 Å². The van der Waals surface area contributed by atoms with Gasteiger partial charge in [0.2, 0.25) is 12.5 Å². The van der Waals surface area contributed by atoms with E-state index in [0.717, 1.165) is 5.56 Å². The lowest BCUT2D eigenvalue weighted by Gasteiger charge is -2.37. The van der Waals surface area contributed by atoms with Crippen LogP contribution in [0.25, 0.3) is 0 Å². The molecule has 0 saturated carbocycles. The minimum Gasteiger partial charge on any atom is -0.493 e. The first-order valence-electron chi connectivity index (χ1n) is 12.4. The van der Waals surface area contributed by atoms with E-state index in [4.69, 9.17) is 33.2 Å². The molecule has 1 saturated heterocycles. The van der Waals surface area contributed by atoms with Crippen molar-refractivity contribution in [3.8, 4) is 28.7 Å². The fraction of sp³-hybridized carbons (Fsp3) is 0.310. The average molecular weight is 535 g/mol. The maximum absolute atomic E-state index is 13.0. The van der Waals surface area contributed by atoms with Crippen molar-refractivity contribution in [2.75, 3.05) is 27.6 Å². The van der Waals surface area contributed by atoms with Crippen molar-refractivity contribution >= 4 is 12.1 Å². The van der Waals surface area contributed by atoms with E-state index in [0.29, 0.717) is 28.2 Å². The molecule has 0 amide bonds. The summed E-state index contributed by atoms with van der Waals surface area (Å²) in [5.74, 6) is -0.557. The van der Waals surface area contributed by atoms with Crippen molar-refractivity contribution in [3.63, 3.8) is 0 Å². The third-order valence-corrected chi connectivity index (χ3v) is 7.38. The second kappa shape index (κ2) is 10.0. The highest BCUT2D eigenvalue weighted by molar-refractivity contribution is 5.79. The first-order chi connectivity index (χ1) is 19.0. The summed E-state index contributed by atoms with van der Waals surface area (Å²) in [6.07, 6.45) is -1.85. The van der Waals surface area contributed by atoms with Crippen LogP contribution in [0.4, 0.5) is 4.79 Å². The molecule has 0 aromatic heterocycles. The van der Waals surface area contributed by atoms with Gasteiger partial charge in [-0.15, -0.1) is 0 Å². The van der Waals surface area contributed by atoms with Gasteiger partial charge in [-0.25, -0.2) is 4.79 Å². The van der Waals surface area contributed by atoms with Crippen molar-refractivity contribution in [3.05, 3.63) is 76.9 Å².